The molecule has 39 heavy (non-hydrogen) atoms. The molecule has 2 heterocycles. The number of anilines is 1. The lowest BCUT2D eigenvalue weighted by atomic mass is 10.0. The molecule has 13 nitrogen and oxygen atoms in total. The first kappa shape index (κ1) is 32.6. The third-order valence-corrected chi connectivity index (χ3v) is 5.78. The quantitative estimate of drug-likeness (QED) is 0.150. The zero-order chi connectivity index (χ0) is 27.2. The highest BCUT2D eigenvalue weighted by molar-refractivity contribution is 6.25. The average molecular weight is 573 g/mol. The van der Waals surface area contributed by atoms with E-state index in [9.17, 15) is 19.2 Å². The van der Waals surface area contributed by atoms with E-state index >= 15 is 0 Å². The molecule has 218 valence electrons. The predicted octanol–water partition coefficient (Wildman–Crippen LogP) is -0.0368. The predicted molar refractivity (Wildman–Crippen MR) is 142 cm³/mol. The monoisotopic (exact) mass is 572 g/mol. The van der Waals surface area contributed by atoms with Gasteiger partial charge in [-0.15, -0.1) is 12.4 Å². The van der Waals surface area contributed by atoms with Crippen molar-refractivity contribution in [3.63, 3.8) is 0 Å². The van der Waals surface area contributed by atoms with E-state index in [0.717, 1.165) is 4.90 Å². The number of fused-ring (bicyclic) bond motifs is 1. The number of nitrogens with zero attached hydrogens (tertiary/aromatic N) is 1. The Morgan fingerprint density at radius 1 is 0.821 bits per heavy atom. The second kappa shape index (κ2) is 17.8. The highest BCUT2D eigenvalue weighted by Crippen LogP contribution is 2.32. The number of ether oxygens (including phenoxy) is 5. The molecular formula is C25H37ClN4O9. The molecule has 1 unspecified atom stereocenters. The summed E-state index contributed by atoms with van der Waals surface area (Å²) in [4.78, 5) is 50.5. The maximum absolute atomic E-state index is 13.1. The highest BCUT2D eigenvalue weighted by Gasteiger charge is 2.45. The minimum Gasteiger partial charge on any atom is -0.382 e. The van der Waals surface area contributed by atoms with Crippen molar-refractivity contribution in [1.82, 2.24) is 10.2 Å². The summed E-state index contributed by atoms with van der Waals surface area (Å²) in [6.45, 7) is 5.47. The van der Waals surface area contributed by atoms with Crippen LogP contribution in [0.5, 0.6) is 0 Å². The van der Waals surface area contributed by atoms with Gasteiger partial charge in [0.2, 0.25) is 11.8 Å². The number of imide groups is 2. The summed E-state index contributed by atoms with van der Waals surface area (Å²) in [6.07, 6.45) is 0.186. The number of carbonyl (C=O) groups is 4. The summed E-state index contributed by atoms with van der Waals surface area (Å²) in [5.74, 6) is -2.14. The number of carbonyl (C=O) groups excluding carboxylic acids is 4. The largest absolute Gasteiger partial charge is 0.382 e. The molecule has 4 N–H and O–H groups in total. The van der Waals surface area contributed by atoms with Gasteiger partial charge in [0.05, 0.1) is 77.2 Å². The molecular weight excluding hydrogens is 536 g/mol. The highest BCUT2D eigenvalue weighted by atomic mass is 35.5. The third kappa shape index (κ3) is 9.80. The Bertz CT molecular complexity index is 965. The van der Waals surface area contributed by atoms with Gasteiger partial charge in [-0.2, -0.15) is 0 Å². The van der Waals surface area contributed by atoms with E-state index in [1.54, 1.807) is 18.2 Å². The molecule has 3 rings (SSSR count). The summed E-state index contributed by atoms with van der Waals surface area (Å²) in [5.41, 5.74) is 6.25. The molecule has 14 heteroatoms. The van der Waals surface area contributed by atoms with Crippen molar-refractivity contribution < 1.29 is 42.9 Å². The summed E-state index contributed by atoms with van der Waals surface area (Å²) in [7, 11) is 0. The van der Waals surface area contributed by atoms with E-state index in [1.165, 1.54) is 0 Å². The molecule has 1 fully saturated rings. The SMILES string of the molecule is Cl.NCCOCCOCCOCCOCCOCCNc1cccc2c1C(=O)N(C1CCC(=O)NC1=O)C2=O. The molecule has 1 aromatic rings. The normalized spacial score (nSPS) is 16.7. The van der Waals surface area contributed by atoms with E-state index < -0.39 is 29.7 Å². The Labute approximate surface area is 233 Å². The molecule has 0 bridgehead atoms. The number of benzene rings is 1. The minimum atomic E-state index is -0.998. The van der Waals surface area contributed by atoms with Gasteiger partial charge in [-0.3, -0.25) is 29.4 Å². The molecule has 1 saturated heterocycles. The number of nitrogens with two attached hydrogens (primary N) is 1. The van der Waals surface area contributed by atoms with Gasteiger partial charge in [0, 0.05) is 25.2 Å². The fraction of sp³-hybridized carbons (Fsp3) is 0.600. The molecule has 1 atom stereocenters. The summed E-state index contributed by atoms with van der Waals surface area (Å²) in [5, 5.41) is 5.31. The maximum Gasteiger partial charge on any atom is 0.264 e. The molecule has 1 aromatic carbocycles. The first-order valence-corrected chi connectivity index (χ1v) is 12.7. The van der Waals surface area contributed by atoms with Gasteiger partial charge < -0.3 is 34.7 Å². The Balaban J connectivity index is 0.00000533. The van der Waals surface area contributed by atoms with Crippen molar-refractivity contribution in [3.05, 3.63) is 29.3 Å². The number of halogens is 1. The van der Waals surface area contributed by atoms with Crippen LogP contribution in [0.1, 0.15) is 33.6 Å². The maximum atomic E-state index is 13.1. The fourth-order valence-electron chi connectivity index (χ4n) is 3.99. The van der Waals surface area contributed by atoms with Crippen LogP contribution in [0.25, 0.3) is 0 Å². The second-order valence-electron chi connectivity index (χ2n) is 8.45. The topological polar surface area (TPSA) is 168 Å². The Kier molecular flexibility index (Phi) is 14.9. The lowest BCUT2D eigenvalue weighted by Crippen LogP contribution is -2.54. The molecule has 0 saturated carbocycles. The van der Waals surface area contributed by atoms with Crippen LogP contribution in [-0.2, 0) is 33.3 Å². The van der Waals surface area contributed by atoms with Crippen LogP contribution < -0.4 is 16.4 Å². The Hall–Kier alpha value is -2.65. The van der Waals surface area contributed by atoms with Gasteiger partial charge in [-0.25, -0.2) is 0 Å². The van der Waals surface area contributed by atoms with Crippen LogP contribution in [-0.4, -0.2) is 114 Å². The number of amides is 4. The van der Waals surface area contributed by atoms with Crippen LogP contribution in [0, 0.1) is 0 Å². The van der Waals surface area contributed by atoms with Gasteiger partial charge in [-0.1, -0.05) is 6.07 Å². The van der Waals surface area contributed by atoms with E-state index in [4.69, 9.17) is 29.4 Å². The molecule has 0 radical (unpaired) electrons. The minimum absolute atomic E-state index is 0. The number of hydrogen-bond acceptors (Lipinski definition) is 11. The number of rotatable bonds is 19. The number of nitrogens with one attached hydrogen (secondary N) is 2. The first-order valence-electron chi connectivity index (χ1n) is 12.7. The van der Waals surface area contributed by atoms with Crippen LogP contribution >= 0.6 is 12.4 Å². The van der Waals surface area contributed by atoms with Crippen LogP contribution in [0.4, 0.5) is 5.69 Å². The number of hydrogen-bond donors (Lipinski definition) is 3. The molecule has 2 aliphatic rings. The smallest absolute Gasteiger partial charge is 0.264 e. The molecule has 0 spiro atoms. The van der Waals surface area contributed by atoms with Crippen LogP contribution in [0.15, 0.2) is 18.2 Å². The van der Waals surface area contributed by atoms with Crippen molar-refractivity contribution in [2.75, 3.05) is 84.5 Å². The second-order valence-corrected chi connectivity index (χ2v) is 8.45. The molecule has 0 aliphatic carbocycles. The van der Waals surface area contributed by atoms with E-state index in [1.807, 2.05) is 0 Å². The summed E-state index contributed by atoms with van der Waals surface area (Å²) < 4.78 is 27.0. The van der Waals surface area contributed by atoms with Gasteiger partial charge in [0.1, 0.15) is 6.04 Å². The number of piperidine rings is 1. The summed E-state index contributed by atoms with van der Waals surface area (Å²) >= 11 is 0. The zero-order valence-electron chi connectivity index (χ0n) is 21.8. The lowest BCUT2D eigenvalue weighted by Gasteiger charge is -2.27. The van der Waals surface area contributed by atoms with Gasteiger partial charge in [-0.05, 0) is 18.6 Å². The summed E-state index contributed by atoms with van der Waals surface area (Å²) in [6, 6.07) is 3.92. The third-order valence-electron chi connectivity index (χ3n) is 5.78. The van der Waals surface area contributed by atoms with Crippen molar-refractivity contribution in [1.29, 1.82) is 0 Å². The molecule has 2 aliphatic heterocycles. The van der Waals surface area contributed by atoms with Crippen molar-refractivity contribution in [3.8, 4) is 0 Å². The lowest BCUT2D eigenvalue weighted by molar-refractivity contribution is -0.136. The average Bonchev–Trinajstić information content (AvgIpc) is 3.16. The Morgan fingerprint density at radius 3 is 1.95 bits per heavy atom. The van der Waals surface area contributed by atoms with E-state index in [-0.39, 0.29) is 36.4 Å². The fourth-order valence-corrected chi connectivity index (χ4v) is 3.99. The molecule has 0 aromatic heterocycles. The Morgan fingerprint density at radius 2 is 1.38 bits per heavy atom. The van der Waals surface area contributed by atoms with Crippen LogP contribution in [0.2, 0.25) is 0 Å². The van der Waals surface area contributed by atoms with Gasteiger partial charge in [0.15, 0.2) is 0 Å². The van der Waals surface area contributed by atoms with Crippen LogP contribution in [0.3, 0.4) is 0 Å². The van der Waals surface area contributed by atoms with Crippen molar-refractivity contribution in [2.45, 2.75) is 18.9 Å². The standard InChI is InChI=1S/C25H36N4O9.ClH/c26-6-8-34-10-12-36-14-16-38-17-15-37-13-11-35-9-7-27-19-3-1-2-18-22(19)25(33)29(24(18)32)20-4-5-21(30)28-23(20)31;/h1-3,20,27H,4-17,26H2,(H,28,30,31);1H. The van der Waals surface area contributed by atoms with E-state index in [2.05, 4.69) is 10.6 Å². The van der Waals surface area contributed by atoms with Crippen molar-refractivity contribution in [2.24, 2.45) is 5.73 Å². The van der Waals surface area contributed by atoms with E-state index in [0.29, 0.717) is 84.8 Å². The zero-order valence-corrected chi connectivity index (χ0v) is 22.6. The van der Waals surface area contributed by atoms with Crippen molar-refractivity contribution >= 4 is 41.7 Å². The molecule has 4 amide bonds. The van der Waals surface area contributed by atoms with Gasteiger partial charge >= 0.3 is 0 Å². The first-order chi connectivity index (χ1) is 18.5. The van der Waals surface area contributed by atoms with Gasteiger partial charge in [0.25, 0.3) is 11.8 Å².